The van der Waals surface area contributed by atoms with Gasteiger partial charge in [-0.05, 0) is 6.42 Å². The fraction of sp³-hybridized carbons (Fsp3) is 0.417. The number of hydrogen-bond donors (Lipinski definition) is 1. The van der Waals surface area contributed by atoms with Crippen LogP contribution in [-0.4, -0.2) is 45.2 Å². The highest BCUT2D eigenvalue weighted by Crippen LogP contribution is 2.20. The number of piperidine rings is 1. The molecule has 0 radical (unpaired) electrons. The standard InChI is InChI=1S/C12H12N4O3/c17-9-2-1-8(11(18)15-9)16-6-3-7-10(12(16)19)14-5-4-13-7/h4-5,8H,1-3,6H2,(H,15,17,18). The van der Waals surface area contributed by atoms with Crippen molar-refractivity contribution < 1.29 is 14.4 Å². The van der Waals surface area contributed by atoms with Gasteiger partial charge in [0.25, 0.3) is 5.91 Å². The second-order valence-electron chi connectivity index (χ2n) is 4.57. The van der Waals surface area contributed by atoms with Crippen LogP contribution < -0.4 is 5.32 Å². The van der Waals surface area contributed by atoms with Gasteiger partial charge >= 0.3 is 0 Å². The number of amides is 3. The largest absolute Gasteiger partial charge is 0.325 e. The van der Waals surface area contributed by atoms with Crippen LogP contribution in [0.3, 0.4) is 0 Å². The van der Waals surface area contributed by atoms with Gasteiger partial charge < -0.3 is 4.90 Å². The first-order valence-electron chi connectivity index (χ1n) is 6.11. The molecule has 1 atom stereocenters. The van der Waals surface area contributed by atoms with Gasteiger partial charge in [0.15, 0.2) is 0 Å². The number of carbonyl (C=O) groups excluding carboxylic acids is 3. The fourth-order valence-corrected chi connectivity index (χ4v) is 2.47. The number of fused-ring (bicyclic) bond motifs is 1. The summed E-state index contributed by atoms with van der Waals surface area (Å²) < 4.78 is 0. The molecule has 1 N–H and O–H groups in total. The van der Waals surface area contributed by atoms with Gasteiger partial charge in [-0.1, -0.05) is 0 Å². The van der Waals surface area contributed by atoms with Crippen molar-refractivity contribution >= 4 is 17.7 Å². The highest BCUT2D eigenvalue weighted by molar-refractivity contribution is 6.03. The molecular formula is C12H12N4O3. The summed E-state index contributed by atoms with van der Waals surface area (Å²) in [7, 11) is 0. The lowest BCUT2D eigenvalue weighted by molar-refractivity contribution is -0.136. The summed E-state index contributed by atoms with van der Waals surface area (Å²) in [4.78, 5) is 44.9. The van der Waals surface area contributed by atoms with E-state index in [1.165, 1.54) is 11.1 Å². The van der Waals surface area contributed by atoms with Crippen LogP contribution in [0.2, 0.25) is 0 Å². The minimum atomic E-state index is -0.583. The fourth-order valence-electron chi connectivity index (χ4n) is 2.47. The van der Waals surface area contributed by atoms with Crippen LogP contribution in [0, 0.1) is 0 Å². The van der Waals surface area contributed by atoms with Gasteiger partial charge in [0.05, 0.1) is 5.69 Å². The van der Waals surface area contributed by atoms with E-state index in [2.05, 4.69) is 15.3 Å². The zero-order valence-corrected chi connectivity index (χ0v) is 10.1. The molecule has 19 heavy (non-hydrogen) atoms. The van der Waals surface area contributed by atoms with E-state index < -0.39 is 11.9 Å². The van der Waals surface area contributed by atoms with Crippen LogP contribution in [0.15, 0.2) is 12.4 Å². The average molecular weight is 260 g/mol. The molecule has 0 bridgehead atoms. The molecule has 0 aromatic carbocycles. The van der Waals surface area contributed by atoms with E-state index in [0.29, 0.717) is 30.8 Å². The SMILES string of the molecule is O=C1CCC(N2CCc3nccnc3C2=O)C(=O)N1. The first-order chi connectivity index (χ1) is 9.16. The summed E-state index contributed by atoms with van der Waals surface area (Å²) in [5.74, 6) is -0.980. The molecule has 3 heterocycles. The second kappa shape index (κ2) is 4.42. The molecule has 0 spiro atoms. The van der Waals surface area contributed by atoms with Gasteiger partial charge in [0, 0.05) is 31.8 Å². The van der Waals surface area contributed by atoms with Gasteiger partial charge in [-0.25, -0.2) is 4.98 Å². The number of nitrogens with one attached hydrogen (secondary N) is 1. The highest BCUT2D eigenvalue weighted by Gasteiger charge is 2.37. The summed E-state index contributed by atoms with van der Waals surface area (Å²) in [5, 5.41) is 2.26. The Hall–Kier alpha value is -2.31. The van der Waals surface area contributed by atoms with E-state index in [-0.39, 0.29) is 18.2 Å². The molecule has 1 aromatic rings. The zero-order valence-electron chi connectivity index (χ0n) is 10.1. The second-order valence-corrected chi connectivity index (χ2v) is 4.57. The molecule has 3 rings (SSSR count). The lowest BCUT2D eigenvalue weighted by Crippen LogP contribution is -2.56. The van der Waals surface area contributed by atoms with Crippen LogP contribution >= 0.6 is 0 Å². The summed E-state index contributed by atoms with van der Waals surface area (Å²) in [5.41, 5.74) is 0.967. The van der Waals surface area contributed by atoms with Gasteiger partial charge in [-0.15, -0.1) is 0 Å². The van der Waals surface area contributed by atoms with Gasteiger partial charge in [0.1, 0.15) is 11.7 Å². The average Bonchev–Trinajstić information content (AvgIpc) is 2.41. The van der Waals surface area contributed by atoms with E-state index in [1.54, 1.807) is 6.20 Å². The van der Waals surface area contributed by atoms with Gasteiger partial charge in [-0.3, -0.25) is 24.7 Å². The Morgan fingerprint density at radius 3 is 2.74 bits per heavy atom. The molecular weight excluding hydrogens is 248 g/mol. The minimum Gasteiger partial charge on any atom is -0.325 e. The molecule has 2 aliphatic rings. The third kappa shape index (κ3) is 1.96. The molecule has 3 amide bonds. The molecule has 7 nitrogen and oxygen atoms in total. The Labute approximate surface area is 109 Å². The number of nitrogens with zero attached hydrogens (tertiary/aromatic N) is 3. The van der Waals surface area contributed by atoms with E-state index in [1.807, 2.05) is 0 Å². The maximum absolute atomic E-state index is 12.3. The third-order valence-corrected chi connectivity index (χ3v) is 3.41. The predicted molar refractivity (Wildman–Crippen MR) is 62.9 cm³/mol. The lowest BCUT2D eigenvalue weighted by atomic mass is 10.0. The summed E-state index contributed by atoms with van der Waals surface area (Å²) >= 11 is 0. The van der Waals surface area contributed by atoms with Crippen molar-refractivity contribution in [2.24, 2.45) is 0 Å². The zero-order chi connectivity index (χ0) is 13.4. The first kappa shape index (κ1) is 11.8. The third-order valence-electron chi connectivity index (χ3n) is 3.41. The molecule has 0 saturated carbocycles. The Kier molecular flexibility index (Phi) is 2.73. The van der Waals surface area contributed by atoms with Gasteiger partial charge in [0.2, 0.25) is 11.8 Å². The number of aromatic nitrogens is 2. The van der Waals surface area contributed by atoms with Crippen molar-refractivity contribution in [3.05, 3.63) is 23.8 Å². The number of imide groups is 1. The topological polar surface area (TPSA) is 92.3 Å². The normalized spacial score (nSPS) is 23.1. The lowest BCUT2D eigenvalue weighted by Gasteiger charge is -2.35. The summed E-state index contributed by atoms with van der Waals surface area (Å²) in [6.45, 7) is 0.427. The molecule has 1 aromatic heterocycles. The maximum atomic E-state index is 12.3. The maximum Gasteiger partial charge on any atom is 0.275 e. The van der Waals surface area contributed by atoms with Crippen molar-refractivity contribution in [3.63, 3.8) is 0 Å². The molecule has 7 heteroatoms. The Morgan fingerprint density at radius 1 is 1.16 bits per heavy atom. The Bertz CT molecular complexity index is 572. The van der Waals surface area contributed by atoms with Crippen LogP contribution in [0.25, 0.3) is 0 Å². The summed E-state index contributed by atoms with van der Waals surface area (Å²) in [6, 6.07) is -0.583. The molecule has 1 saturated heterocycles. The quantitative estimate of drug-likeness (QED) is 0.673. The Balaban J connectivity index is 1.86. The molecule has 1 unspecified atom stereocenters. The van der Waals surface area contributed by atoms with Crippen molar-refractivity contribution in [2.45, 2.75) is 25.3 Å². The van der Waals surface area contributed by atoms with Crippen molar-refractivity contribution in [2.75, 3.05) is 6.54 Å². The predicted octanol–water partition coefficient (Wildman–Crippen LogP) is -0.720. The number of rotatable bonds is 1. The van der Waals surface area contributed by atoms with Crippen molar-refractivity contribution in [1.29, 1.82) is 0 Å². The number of hydrogen-bond acceptors (Lipinski definition) is 5. The number of carbonyl (C=O) groups is 3. The van der Waals surface area contributed by atoms with Crippen molar-refractivity contribution in [1.82, 2.24) is 20.2 Å². The molecule has 1 fully saturated rings. The van der Waals surface area contributed by atoms with Crippen LogP contribution in [0.1, 0.15) is 29.0 Å². The highest BCUT2D eigenvalue weighted by atomic mass is 16.2. The smallest absolute Gasteiger partial charge is 0.275 e. The van der Waals surface area contributed by atoms with Crippen LogP contribution in [0.5, 0.6) is 0 Å². The molecule has 2 aliphatic heterocycles. The van der Waals surface area contributed by atoms with Crippen LogP contribution in [0.4, 0.5) is 0 Å². The van der Waals surface area contributed by atoms with E-state index in [9.17, 15) is 14.4 Å². The van der Waals surface area contributed by atoms with E-state index in [4.69, 9.17) is 0 Å². The van der Waals surface area contributed by atoms with E-state index in [0.717, 1.165) is 0 Å². The van der Waals surface area contributed by atoms with Gasteiger partial charge in [-0.2, -0.15) is 0 Å². The first-order valence-corrected chi connectivity index (χ1v) is 6.11. The van der Waals surface area contributed by atoms with Crippen molar-refractivity contribution in [3.8, 4) is 0 Å². The molecule has 98 valence electrons. The monoisotopic (exact) mass is 260 g/mol. The van der Waals surface area contributed by atoms with E-state index >= 15 is 0 Å². The summed E-state index contributed by atoms with van der Waals surface area (Å²) in [6.07, 6.45) is 4.21. The minimum absolute atomic E-state index is 0.257. The molecule has 0 aliphatic carbocycles. The van der Waals surface area contributed by atoms with Crippen LogP contribution in [-0.2, 0) is 16.0 Å². The Morgan fingerprint density at radius 2 is 1.95 bits per heavy atom.